The van der Waals surface area contributed by atoms with Crippen molar-refractivity contribution in [1.29, 1.82) is 0 Å². The fourth-order valence-corrected chi connectivity index (χ4v) is 0.890. The summed E-state index contributed by atoms with van der Waals surface area (Å²) in [6.07, 6.45) is 0.723. The number of ketones is 1. The van der Waals surface area contributed by atoms with Crippen LogP contribution in [0.5, 0.6) is 0 Å². The van der Waals surface area contributed by atoms with E-state index < -0.39 is 5.97 Å². The standard InChI is InChI=1S/C6H11NO.C2H4O2/c1-5-4-7-3-2-6(5)8;1-2(3)4/h5,7H,2-4H2,1H3;1H3,(H,3,4). The van der Waals surface area contributed by atoms with E-state index in [2.05, 4.69) is 5.32 Å². The first-order chi connectivity index (χ1) is 5.54. The van der Waals surface area contributed by atoms with Gasteiger partial charge < -0.3 is 10.4 Å². The van der Waals surface area contributed by atoms with Crippen molar-refractivity contribution in [2.24, 2.45) is 5.92 Å². The predicted octanol–water partition coefficient (Wildman–Crippen LogP) is 0.276. The van der Waals surface area contributed by atoms with Crippen molar-refractivity contribution in [2.75, 3.05) is 13.1 Å². The summed E-state index contributed by atoms with van der Waals surface area (Å²) >= 11 is 0. The van der Waals surface area contributed by atoms with E-state index in [4.69, 9.17) is 9.90 Å². The van der Waals surface area contributed by atoms with Gasteiger partial charge in [0.05, 0.1) is 0 Å². The van der Waals surface area contributed by atoms with Crippen LogP contribution in [0.3, 0.4) is 0 Å². The number of hydrogen-bond donors (Lipinski definition) is 2. The monoisotopic (exact) mass is 173 g/mol. The molecule has 0 aromatic heterocycles. The van der Waals surface area contributed by atoms with Gasteiger partial charge in [-0.2, -0.15) is 0 Å². The molecule has 1 saturated heterocycles. The molecule has 1 aliphatic rings. The Morgan fingerprint density at radius 2 is 2.17 bits per heavy atom. The van der Waals surface area contributed by atoms with E-state index in [-0.39, 0.29) is 5.92 Å². The molecule has 0 aromatic carbocycles. The number of hydrogen-bond acceptors (Lipinski definition) is 3. The summed E-state index contributed by atoms with van der Waals surface area (Å²) in [6.45, 7) is 4.80. The Balaban J connectivity index is 0.000000261. The van der Waals surface area contributed by atoms with Gasteiger partial charge in [0.1, 0.15) is 5.78 Å². The molecule has 1 heterocycles. The number of Topliss-reactive ketones (excluding diaryl/α,β-unsaturated/α-hetero) is 1. The summed E-state index contributed by atoms with van der Waals surface area (Å²) in [5.41, 5.74) is 0. The number of nitrogens with one attached hydrogen (secondary N) is 1. The van der Waals surface area contributed by atoms with Gasteiger partial charge in [-0.05, 0) is 0 Å². The highest BCUT2D eigenvalue weighted by molar-refractivity contribution is 5.81. The second-order valence-electron chi connectivity index (χ2n) is 2.84. The lowest BCUT2D eigenvalue weighted by atomic mass is 10.0. The Labute approximate surface area is 72.0 Å². The van der Waals surface area contributed by atoms with Crippen LogP contribution in [0.25, 0.3) is 0 Å². The maximum atomic E-state index is 10.8. The topological polar surface area (TPSA) is 66.4 Å². The van der Waals surface area contributed by atoms with Gasteiger partial charge in [0.25, 0.3) is 5.97 Å². The lowest BCUT2D eigenvalue weighted by Gasteiger charge is -2.16. The normalized spacial score (nSPS) is 22.5. The molecule has 4 nitrogen and oxygen atoms in total. The molecule has 0 aliphatic carbocycles. The van der Waals surface area contributed by atoms with Crippen LogP contribution in [0.2, 0.25) is 0 Å². The number of aliphatic carboxylic acids is 1. The molecule has 70 valence electrons. The van der Waals surface area contributed by atoms with Crippen LogP contribution in [0.15, 0.2) is 0 Å². The molecule has 1 rings (SSSR count). The van der Waals surface area contributed by atoms with Crippen LogP contribution < -0.4 is 5.32 Å². The van der Waals surface area contributed by atoms with Crippen LogP contribution >= 0.6 is 0 Å². The number of carbonyl (C=O) groups is 2. The van der Waals surface area contributed by atoms with E-state index in [1.807, 2.05) is 6.92 Å². The highest BCUT2D eigenvalue weighted by Crippen LogP contribution is 2.02. The van der Waals surface area contributed by atoms with E-state index in [0.717, 1.165) is 26.4 Å². The van der Waals surface area contributed by atoms with Crippen LogP contribution in [-0.2, 0) is 9.59 Å². The third-order valence-corrected chi connectivity index (χ3v) is 1.55. The predicted molar refractivity (Wildman–Crippen MR) is 45.0 cm³/mol. The van der Waals surface area contributed by atoms with E-state index in [1.54, 1.807) is 0 Å². The van der Waals surface area contributed by atoms with Gasteiger partial charge >= 0.3 is 0 Å². The van der Waals surface area contributed by atoms with Gasteiger partial charge in [-0.25, -0.2) is 0 Å². The van der Waals surface area contributed by atoms with Gasteiger partial charge in [-0.3, -0.25) is 9.59 Å². The zero-order valence-electron chi connectivity index (χ0n) is 7.46. The SMILES string of the molecule is CC(=O)O.CC1CNCCC1=O. The maximum absolute atomic E-state index is 10.8. The Kier molecular flexibility index (Phi) is 5.28. The second kappa shape index (κ2) is 5.71. The van der Waals surface area contributed by atoms with Gasteiger partial charge in [0.15, 0.2) is 0 Å². The fourth-order valence-electron chi connectivity index (χ4n) is 0.890. The molecule has 1 aliphatic heterocycles. The summed E-state index contributed by atoms with van der Waals surface area (Å²) < 4.78 is 0. The summed E-state index contributed by atoms with van der Waals surface area (Å²) in [5.74, 6) is -0.174. The third-order valence-electron chi connectivity index (χ3n) is 1.55. The quantitative estimate of drug-likeness (QED) is 0.552. The number of carboxylic acid groups (broad SMARTS) is 1. The van der Waals surface area contributed by atoms with E-state index in [1.165, 1.54) is 0 Å². The molecular weight excluding hydrogens is 158 g/mol. The minimum atomic E-state index is -0.833. The molecule has 0 radical (unpaired) electrons. The molecule has 1 atom stereocenters. The second-order valence-corrected chi connectivity index (χ2v) is 2.84. The molecule has 0 aromatic rings. The average molecular weight is 173 g/mol. The lowest BCUT2D eigenvalue weighted by molar-refractivity contribution is -0.134. The highest BCUT2D eigenvalue weighted by Gasteiger charge is 2.15. The van der Waals surface area contributed by atoms with Gasteiger partial charge in [0.2, 0.25) is 0 Å². The molecule has 2 N–H and O–H groups in total. The molecule has 0 bridgehead atoms. The molecule has 1 unspecified atom stereocenters. The van der Waals surface area contributed by atoms with Crippen molar-refractivity contribution in [1.82, 2.24) is 5.32 Å². The number of carbonyl (C=O) groups excluding carboxylic acids is 1. The highest BCUT2D eigenvalue weighted by atomic mass is 16.4. The van der Waals surface area contributed by atoms with Gasteiger partial charge in [0, 0.05) is 32.4 Å². The minimum Gasteiger partial charge on any atom is -0.481 e. The Morgan fingerprint density at radius 1 is 1.67 bits per heavy atom. The van der Waals surface area contributed by atoms with Crippen LogP contribution in [0.1, 0.15) is 20.3 Å². The van der Waals surface area contributed by atoms with Crippen molar-refractivity contribution >= 4 is 11.8 Å². The minimum absolute atomic E-state index is 0.253. The molecule has 0 amide bonds. The Morgan fingerprint density at radius 3 is 2.42 bits per heavy atom. The Bertz CT molecular complexity index is 164. The van der Waals surface area contributed by atoms with Crippen molar-refractivity contribution in [3.8, 4) is 0 Å². The Hall–Kier alpha value is -0.900. The van der Waals surface area contributed by atoms with Gasteiger partial charge in [-0.1, -0.05) is 6.92 Å². The fraction of sp³-hybridized carbons (Fsp3) is 0.750. The first kappa shape index (κ1) is 11.1. The van der Waals surface area contributed by atoms with Crippen LogP contribution in [0, 0.1) is 5.92 Å². The molecule has 0 saturated carbocycles. The zero-order valence-corrected chi connectivity index (χ0v) is 7.46. The number of rotatable bonds is 0. The van der Waals surface area contributed by atoms with E-state index in [0.29, 0.717) is 5.78 Å². The molecule has 12 heavy (non-hydrogen) atoms. The van der Waals surface area contributed by atoms with E-state index in [9.17, 15) is 4.79 Å². The van der Waals surface area contributed by atoms with Crippen molar-refractivity contribution in [2.45, 2.75) is 20.3 Å². The third kappa shape index (κ3) is 5.85. The molecule has 0 spiro atoms. The average Bonchev–Trinajstić information content (AvgIpc) is 1.94. The molecule has 1 fully saturated rings. The molecular formula is C8H15NO3. The molecule has 4 heteroatoms. The smallest absolute Gasteiger partial charge is 0.300 e. The van der Waals surface area contributed by atoms with Crippen molar-refractivity contribution in [3.63, 3.8) is 0 Å². The summed E-state index contributed by atoms with van der Waals surface area (Å²) in [7, 11) is 0. The van der Waals surface area contributed by atoms with Crippen molar-refractivity contribution < 1.29 is 14.7 Å². The zero-order chi connectivity index (χ0) is 9.56. The van der Waals surface area contributed by atoms with Crippen molar-refractivity contribution in [3.05, 3.63) is 0 Å². The van der Waals surface area contributed by atoms with Gasteiger partial charge in [-0.15, -0.1) is 0 Å². The maximum Gasteiger partial charge on any atom is 0.300 e. The first-order valence-electron chi connectivity index (χ1n) is 3.97. The lowest BCUT2D eigenvalue weighted by Crippen LogP contribution is -2.34. The van der Waals surface area contributed by atoms with E-state index >= 15 is 0 Å². The largest absolute Gasteiger partial charge is 0.481 e. The van der Waals surface area contributed by atoms with Crippen LogP contribution in [-0.4, -0.2) is 29.9 Å². The number of piperidine rings is 1. The number of carboxylic acids is 1. The first-order valence-corrected chi connectivity index (χ1v) is 3.97. The summed E-state index contributed by atoms with van der Waals surface area (Å²) in [6, 6.07) is 0. The van der Waals surface area contributed by atoms with Crippen LogP contribution in [0.4, 0.5) is 0 Å². The summed E-state index contributed by atoms with van der Waals surface area (Å²) in [4.78, 5) is 19.8. The summed E-state index contributed by atoms with van der Waals surface area (Å²) in [5, 5.41) is 10.6.